The fourth-order valence-corrected chi connectivity index (χ4v) is 4.88. The minimum Gasteiger partial charge on any atom is -0.358 e. The highest BCUT2D eigenvalue weighted by Gasteiger charge is 2.40. The molecule has 1 atom stereocenters. The van der Waals surface area contributed by atoms with Crippen LogP contribution in [0.2, 0.25) is 0 Å². The Labute approximate surface area is 185 Å². The van der Waals surface area contributed by atoms with Crippen LogP contribution in [0.3, 0.4) is 0 Å². The van der Waals surface area contributed by atoms with Gasteiger partial charge in [0.2, 0.25) is 11.8 Å². The second-order valence-corrected chi connectivity index (χ2v) is 8.59. The summed E-state index contributed by atoms with van der Waals surface area (Å²) < 4.78 is 0. The number of aromatic nitrogens is 1. The number of piperidine rings is 1. The van der Waals surface area contributed by atoms with Gasteiger partial charge in [-0.15, -0.1) is 11.3 Å². The molecule has 1 aromatic heterocycles. The van der Waals surface area contributed by atoms with Crippen molar-refractivity contribution in [3.63, 3.8) is 0 Å². The maximum atomic E-state index is 13.4. The maximum Gasteiger partial charge on any atom is 0.253 e. The number of nitrogens with zero attached hydrogens (tertiary/aromatic N) is 4. The maximum absolute atomic E-state index is 13.4. The van der Waals surface area contributed by atoms with Crippen molar-refractivity contribution in [2.75, 3.05) is 41.3 Å². The molecule has 0 spiro atoms. The Kier molecular flexibility index (Phi) is 6.22. The average molecular weight is 442 g/mol. The van der Waals surface area contributed by atoms with Gasteiger partial charge in [0.1, 0.15) is 12.6 Å². The smallest absolute Gasteiger partial charge is 0.253 e. The number of rotatable bonds is 6. The minimum absolute atomic E-state index is 0.0757. The summed E-state index contributed by atoms with van der Waals surface area (Å²) in [5, 5.41) is 5.03. The molecule has 4 rings (SSSR count). The third-order valence-electron chi connectivity index (χ3n) is 5.91. The standard InChI is InChI=1S/C22H27N5O3S/c1-3-25(4-2)20(29)15-8-9-16-18(13-15)27(14-19(28)24-22-23-10-12-31-22)21(30)17-7-5-6-11-26(16)17/h8-10,12-13,17H,3-7,11,14H2,1-2H3,(H,23,24,28)/t17-/m1/s1. The molecule has 0 aliphatic carbocycles. The third-order valence-corrected chi connectivity index (χ3v) is 6.60. The fourth-order valence-electron chi connectivity index (χ4n) is 4.33. The van der Waals surface area contributed by atoms with Crippen LogP contribution in [0.4, 0.5) is 16.5 Å². The van der Waals surface area contributed by atoms with Gasteiger partial charge in [-0.05, 0) is 51.3 Å². The van der Waals surface area contributed by atoms with Crippen molar-refractivity contribution in [2.45, 2.75) is 39.2 Å². The average Bonchev–Trinajstić information content (AvgIpc) is 3.30. The molecule has 1 fully saturated rings. The zero-order chi connectivity index (χ0) is 22.0. The summed E-state index contributed by atoms with van der Waals surface area (Å²) >= 11 is 1.33. The Morgan fingerprint density at radius 1 is 1.23 bits per heavy atom. The Balaban J connectivity index is 1.68. The predicted octanol–water partition coefficient (Wildman–Crippen LogP) is 2.97. The zero-order valence-corrected chi connectivity index (χ0v) is 18.7. The van der Waals surface area contributed by atoms with Crippen LogP contribution < -0.4 is 15.1 Å². The van der Waals surface area contributed by atoms with E-state index in [0.29, 0.717) is 29.5 Å². The number of carbonyl (C=O) groups is 3. The second-order valence-electron chi connectivity index (χ2n) is 7.70. The highest BCUT2D eigenvalue weighted by atomic mass is 32.1. The number of nitrogens with one attached hydrogen (secondary N) is 1. The number of carbonyl (C=O) groups excluding carboxylic acids is 3. The molecule has 9 heteroatoms. The van der Waals surface area contributed by atoms with Gasteiger partial charge >= 0.3 is 0 Å². The Morgan fingerprint density at radius 3 is 2.74 bits per heavy atom. The molecule has 8 nitrogen and oxygen atoms in total. The van der Waals surface area contributed by atoms with E-state index in [1.54, 1.807) is 22.5 Å². The van der Waals surface area contributed by atoms with Crippen molar-refractivity contribution < 1.29 is 14.4 Å². The lowest BCUT2D eigenvalue weighted by Crippen LogP contribution is -2.56. The topological polar surface area (TPSA) is 85.9 Å². The van der Waals surface area contributed by atoms with Gasteiger partial charge in [-0.25, -0.2) is 4.98 Å². The molecule has 2 aliphatic heterocycles. The first kappa shape index (κ1) is 21.3. The van der Waals surface area contributed by atoms with Gasteiger partial charge < -0.3 is 15.1 Å². The van der Waals surface area contributed by atoms with Crippen LogP contribution in [0.5, 0.6) is 0 Å². The normalized spacial score (nSPS) is 17.7. The first-order chi connectivity index (χ1) is 15.0. The van der Waals surface area contributed by atoms with Crippen LogP contribution in [-0.2, 0) is 9.59 Å². The molecule has 2 aromatic rings. The molecule has 31 heavy (non-hydrogen) atoms. The minimum atomic E-state index is -0.306. The third kappa shape index (κ3) is 4.14. The van der Waals surface area contributed by atoms with Gasteiger partial charge in [0.25, 0.3) is 5.91 Å². The van der Waals surface area contributed by atoms with E-state index in [4.69, 9.17) is 0 Å². The van der Waals surface area contributed by atoms with Gasteiger partial charge in [-0.2, -0.15) is 0 Å². The van der Waals surface area contributed by atoms with Crippen LogP contribution in [-0.4, -0.2) is 59.8 Å². The number of hydrogen-bond acceptors (Lipinski definition) is 6. The molecule has 0 saturated carbocycles. The van der Waals surface area contributed by atoms with Crippen LogP contribution in [0.25, 0.3) is 0 Å². The molecule has 164 valence electrons. The number of thiazole rings is 1. The lowest BCUT2D eigenvalue weighted by atomic mass is 9.95. The second kappa shape index (κ2) is 9.05. The van der Waals surface area contributed by atoms with Crippen LogP contribution in [0.15, 0.2) is 29.8 Å². The molecule has 1 saturated heterocycles. The molecule has 1 N–H and O–H groups in total. The summed E-state index contributed by atoms with van der Waals surface area (Å²) in [6.07, 6.45) is 4.39. The van der Waals surface area contributed by atoms with Gasteiger partial charge in [0, 0.05) is 36.8 Å². The van der Waals surface area contributed by atoms with Crippen LogP contribution >= 0.6 is 11.3 Å². The highest BCUT2D eigenvalue weighted by molar-refractivity contribution is 7.13. The van der Waals surface area contributed by atoms with Crippen molar-refractivity contribution in [3.8, 4) is 0 Å². The molecule has 0 unspecified atom stereocenters. The van der Waals surface area contributed by atoms with E-state index in [1.807, 2.05) is 26.0 Å². The molecule has 1 aromatic carbocycles. The van der Waals surface area contributed by atoms with Crippen molar-refractivity contribution in [2.24, 2.45) is 0 Å². The summed E-state index contributed by atoms with van der Waals surface area (Å²) in [6, 6.07) is 5.24. The van der Waals surface area contributed by atoms with Gasteiger partial charge in [-0.3, -0.25) is 19.3 Å². The van der Waals surface area contributed by atoms with Crippen molar-refractivity contribution >= 4 is 45.6 Å². The SMILES string of the molecule is CCN(CC)C(=O)c1ccc2c(c1)N(CC(=O)Nc1nccs1)C(=O)[C@H]1CCCCN21. The highest BCUT2D eigenvalue weighted by Crippen LogP contribution is 2.40. The quantitative estimate of drug-likeness (QED) is 0.745. The summed E-state index contributed by atoms with van der Waals surface area (Å²) in [7, 11) is 0. The number of hydrogen-bond donors (Lipinski definition) is 1. The molecule has 0 bridgehead atoms. The first-order valence-electron chi connectivity index (χ1n) is 10.7. The number of benzene rings is 1. The van der Waals surface area contributed by atoms with E-state index in [2.05, 4.69) is 15.2 Å². The lowest BCUT2D eigenvalue weighted by molar-refractivity contribution is -0.123. The van der Waals surface area contributed by atoms with Gasteiger partial charge in [0.15, 0.2) is 5.13 Å². The Hall–Kier alpha value is -2.94. The predicted molar refractivity (Wildman–Crippen MR) is 122 cm³/mol. The lowest BCUT2D eigenvalue weighted by Gasteiger charge is -2.45. The number of anilines is 3. The molecule has 3 heterocycles. The summed E-state index contributed by atoms with van der Waals surface area (Å²) in [5.41, 5.74) is 2.05. The summed E-state index contributed by atoms with van der Waals surface area (Å²) in [5.74, 6) is -0.471. The fraction of sp³-hybridized carbons (Fsp3) is 0.455. The van der Waals surface area contributed by atoms with E-state index in [0.717, 1.165) is 31.5 Å². The Morgan fingerprint density at radius 2 is 2.03 bits per heavy atom. The first-order valence-corrected chi connectivity index (χ1v) is 11.6. The van der Waals surface area contributed by atoms with Crippen molar-refractivity contribution in [3.05, 3.63) is 35.3 Å². The monoisotopic (exact) mass is 441 g/mol. The summed E-state index contributed by atoms with van der Waals surface area (Å²) in [4.78, 5) is 48.5. The largest absolute Gasteiger partial charge is 0.358 e. The van der Waals surface area contributed by atoms with Crippen molar-refractivity contribution in [1.29, 1.82) is 0 Å². The van der Waals surface area contributed by atoms with E-state index < -0.39 is 0 Å². The van der Waals surface area contributed by atoms with E-state index in [9.17, 15) is 14.4 Å². The number of fused-ring (bicyclic) bond motifs is 3. The summed E-state index contributed by atoms with van der Waals surface area (Å²) in [6.45, 7) is 5.79. The van der Waals surface area contributed by atoms with Gasteiger partial charge in [0.05, 0.1) is 11.4 Å². The number of amides is 3. The van der Waals surface area contributed by atoms with E-state index in [-0.39, 0.29) is 30.3 Å². The van der Waals surface area contributed by atoms with Crippen LogP contribution in [0, 0.1) is 0 Å². The van der Waals surface area contributed by atoms with Gasteiger partial charge in [-0.1, -0.05) is 0 Å². The molecular weight excluding hydrogens is 414 g/mol. The molecular formula is C22H27N5O3S. The Bertz CT molecular complexity index is 974. The zero-order valence-electron chi connectivity index (χ0n) is 17.8. The van der Waals surface area contributed by atoms with Crippen molar-refractivity contribution in [1.82, 2.24) is 9.88 Å². The van der Waals surface area contributed by atoms with E-state index >= 15 is 0 Å². The molecule has 2 aliphatic rings. The van der Waals surface area contributed by atoms with E-state index in [1.165, 1.54) is 16.2 Å². The molecule has 3 amide bonds. The van der Waals surface area contributed by atoms with Crippen LogP contribution in [0.1, 0.15) is 43.5 Å². The molecule has 0 radical (unpaired) electrons.